The van der Waals surface area contributed by atoms with E-state index in [0.717, 1.165) is 18.7 Å². The number of carbonyl (C=O) groups excluding carboxylic acids is 1. The zero-order valence-corrected chi connectivity index (χ0v) is 14.1. The number of ether oxygens (including phenoxy) is 1. The van der Waals surface area contributed by atoms with Crippen molar-refractivity contribution in [2.75, 3.05) is 19.6 Å². The number of primary amides is 1. The van der Waals surface area contributed by atoms with Gasteiger partial charge >= 0.3 is 0 Å². The van der Waals surface area contributed by atoms with Crippen molar-refractivity contribution < 1.29 is 9.53 Å². The number of benzene rings is 1. The van der Waals surface area contributed by atoms with Gasteiger partial charge in [-0.3, -0.25) is 9.79 Å². The SMILES string of the molecule is CCNC(=NCC(C)(C)C(N)=O)NCC1Cc2ccccc2O1. The summed E-state index contributed by atoms with van der Waals surface area (Å²) >= 11 is 0. The van der Waals surface area contributed by atoms with E-state index in [2.05, 4.69) is 21.7 Å². The summed E-state index contributed by atoms with van der Waals surface area (Å²) < 4.78 is 5.90. The van der Waals surface area contributed by atoms with Crippen molar-refractivity contribution in [2.24, 2.45) is 16.1 Å². The van der Waals surface area contributed by atoms with Crippen molar-refractivity contribution in [2.45, 2.75) is 33.3 Å². The van der Waals surface area contributed by atoms with E-state index in [9.17, 15) is 4.79 Å². The van der Waals surface area contributed by atoms with Crippen LogP contribution in [0.25, 0.3) is 0 Å². The largest absolute Gasteiger partial charge is 0.488 e. The van der Waals surface area contributed by atoms with Gasteiger partial charge in [0.1, 0.15) is 11.9 Å². The fraction of sp³-hybridized carbons (Fsp3) is 0.529. The van der Waals surface area contributed by atoms with Crippen molar-refractivity contribution in [3.63, 3.8) is 0 Å². The predicted molar refractivity (Wildman–Crippen MR) is 91.5 cm³/mol. The van der Waals surface area contributed by atoms with E-state index >= 15 is 0 Å². The van der Waals surface area contributed by atoms with Gasteiger partial charge in [-0.2, -0.15) is 0 Å². The van der Waals surface area contributed by atoms with Gasteiger partial charge in [0, 0.05) is 13.0 Å². The summed E-state index contributed by atoms with van der Waals surface area (Å²) in [5.41, 5.74) is 5.95. The molecule has 6 heteroatoms. The minimum atomic E-state index is -0.664. The molecule has 0 spiro atoms. The normalized spacial score (nSPS) is 17.3. The van der Waals surface area contributed by atoms with Gasteiger partial charge in [-0.1, -0.05) is 18.2 Å². The number of rotatable bonds is 6. The van der Waals surface area contributed by atoms with Gasteiger partial charge < -0.3 is 21.1 Å². The van der Waals surface area contributed by atoms with Gasteiger partial charge in [-0.15, -0.1) is 0 Å². The van der Waals surface area contributed by atoms with Crippen molar-refractivity contribution in [3.05, 3.63) is 29.8 Å². The number of nitrogens with zero attached hydrogens (tertiary/aromatic N) is 1. The predicted octanol–water partition coefficient (Wildman–Crippen LogP) is 1.06. The number of aliphatic imine (C=N–C) groups is 1. The van der Waals surface area contributed by atoms with Crippen LogP contribution in [0.4, 0.5) is 0 Å². The second-order valence-corrected chi connectivity index (χ2v) is 6.38. The fourth-order valence-electron chi connectivity index (χ4n) is 2.27. The second kappa shape index (κ2) is 7.35. The Morgan fingerprint density at radius 2 is 2.13 bits per heavy atom. The van der Waals surface area contributed by atoms with Crippen LogP contribution in [-0.2, 0) is 11.2 Å². The average Bonchev–Trinajstić information content (AvgIpc) is 2.92. The molecule has 1 unspecified atom stereocenters. The molecule has 1 aliphatic rings. The van der Waals surface area contributed by atoms with Crippen LogP contribution in [0, 0.1) is 5.41 Å². The molecule has 1 amide bonds. The Morgan fingerprint density at radius 1 is 1.39 bits per heavy atom. The topological polar surface area (TPSA) is 88.7 Å². The van der Waals surface area contributed by atoms with E-state index in [4.69, 9.17) is 10.5 Å². The fourth-order valence-corrected chi connectivity index (χ4v) is 2.27. The molecule has 0 bridgehead atoms. The van der Waals surface area contributed by atoms with Gasteiger partial charge in [0.15, 0.2) is 5.96 Å². The first-order valence-corrected chi connectivity index (χ1v) is 7.99. The number of carbonyl (C=O) groups is 1. The van der Waals surface area contributed by atoms with Crippen LogP contribution in [0.3, 0.4) is 0 Å². The zero-order valence-electron chi connectivity index (χ0n) is 14.1. The van der Waals surface area contributed by atoms with E-state index in [-0.39, 0.29) is 12.0 Å². The Labute approximate surface area is 137 Å². The zero-order chi connectivity index (χ0) is 16.9. The molecule has 0 aromatic heterocycles. The lowest BCUT2D eigenvalue weighted by atomic mass is 9.93. The lowest BCUT2D eigenvalue weighted by Crippen LogP contribution is -2.43. The van der Waals surface area contributed by atoms with E-state index in [1.165, 1.54) is 5.56 Å². The Hall–Kier alpha value is -2.24. The standard InChI is InChI=1S/C17H26N4O2/c1-4-19-16(21-11-17(2,3)15(18)22)20-10-13-9-12-7-5-6-8-14(12)23-13/h5-8,13H,4,9-11H2,1-3H3,(H2,18,22)(H2,19,20,21). The smallest absolute Gasteiger partial charge is 0.224 e. The third-order valence-corrected chi connectivity index (χ3v) is 3.85. The second-order valence-electron chi connectivity index (χ2n) is 6.38. The summed E-state index contributed by atoms with van der Waals surface area (Å²) in [5, 5.41) is 6.44. The third kappa shape index (κ3) is 4.61. The molecule has 23 heavy (non-hydrogen) atoms. The number of hydrogen-bond acceptors (Lipinski definition) is 3. The van der Waals surface area contributed by atoms with Gasteiger partial charge in [0.25, 0.3) is 0 Å². The summed E-state index contributed by atoms with van der Waals surface area (Å²) in [5.74, 6) is 1.27. The summed E-state index contributed by atoms with van der Waals surface area (Å²) in [6, 6.07) is 8.08. The summed E-state index contributed by atoms with van der Waals surface area (Å²) in [7, 11) is 0. The highest BCUT2D eigenvalue weighted by molar-refractivity contribution is 5.82. The third-order valence-electron chi connectivity index (χ3n) is 3.85. The van der Waals surface area contributed by atoms with E-state index in [1.54, 1.807) is 13.8 Å². The van der Waals surface area contributed by atoms with Gasteiger partial charge in [0.05, 0.1) is 18.5 Å². The van der Waals surface area contributed by atoms with Crippen LogP contribution in [0.15, 0.2) is 29.3 Å². The van der Waals surface area contributed by atoms with Crippen LogP contribution < -0.4 is 21.1 Å². The maximum atomic E-state index is 11.4. The molecule has 0 radical (unpaired) electrons. The summed E-state index contributed by atoms with van der Waals surface area (Å²) in [6.07, 6.45) is 0.968. The van der Waals surface area contributed by atoms with Crippen LogP contribution in [0.2, 0.25) is 0 Å². The molecule has 0 saturated heterocycles. The lowest BCUT2D eigenvalue weighted by Gasteiger charge is -2.20. The van der Waals surface area contributed by atoms with Crippen LogP contribution >= 0.6 is 0 Å². The van der Waals surface area contributed by atoms with Gasteiger partial charge in [-0.25, -0.2) is 0 Å². The first kappa shape index (κ1) is 17.1. The maximum Gasteiger partial charge on any atom is 0.224 e. The number of nitrogens with one attached hydrogen (secondary N) is 2. The van der Waals surface area contributed by atoms with Crippen LogP contribution in [-0.4, -0.2) is 37.6 Å². The number of para-hydroxylation sites is 1. The lowest BCUT2D eigenvalue weighted by molar-refractivity contribution is -0.125. The Bertz CT molecular complexity index is 559. The number of hydrogen-bond donors (Lipinski definition) is 3. The highest BCUT2D eigenvalue weighted by Crippen LogP contribution is 2.27. The molecule has 0 aliphatic carbocycles. The van der Waals surface area contributed by atoms with Crippen molar-refractivity contribution >= 4 is 11.9 Å². The molecule has 1 heterocycles. The minimum absolute atomic E-state index is 0.0837. The molecule has 4 N–H and O–H groups in total. The minimum Gasteiger partial charge on any atom is -0.488 e. The highest BCUT2D eigenvalue weighted by Gasteiger charge is 2.25. The molecule has 6 nitrogen and oxygen atoms in total. The summed E-state index contributed by atoms with van der Waals surface area (Å²) in [6.45, 7) is 7.31. The van der Waals surface area contributed by atoms with Crippen molar-refractivity contribution in [3.8, 4) is 5.75 Å². The van der Waals surface area contributed by atoms with Crippen molar-refractivity contribution in [1.29, 1.82) is 0 Å². The van der Waals surface area contributed by atoms with E-state index in [0.29, 0.717) is 19.0 Å². The van der Waals surface area contributed by atoms with Crippen LogP contribution in [0.1, 0.15) is 26.3 Å². The first-order valence-electron chi connectivity index (χ1n) is 7.99. The molecule has 0 saturated carbocycles. The number of nitrogens with two attached hydrogens (primary N) is 1. The van der Waals surface area contributed by atoms with Crippen LogP contribution in [0.5, 0.6) is 5.75 Å². The molecular weight excluding hydrogens is 292 g/mol. The van der Waals surface area contributed by atoms with E-state index < -0.39 is 5.41 Å². The molecular formula is C17H26N4O2. The molecule has 1 aliphatic heterocycles. The van der Waals surface area contributed by atoms with Gasteiger partial charge in [0.2, 0.25) is 5.91 Å². The molecule has 126 valence electrons. The monoisotopic (exact) mass is 318 g/mol. The maximum absolute atomic E-state index is 11.4. The van der Waals surface area contributed by atoms with Gasteiger partial charge in [-0.05, 0) is 32.4 Å². The first-order chi connectivity index (χ1) is 10.9. The summed E-state index contributed by atoms with van der Waals surface area (Å²) in [4.78, 5) is 15.8. The van der Waals surface area contributed by atoms with Crippen molar-refractivity contribution in [1.82, 2.24) is 10.6 Å². The molecule has 0 fully saturated rings. The quantitative estimate of drug-likeness (QED) is 0.540. The Kier molecular flexibility index (Phi) is 5.47. The highest BCUT2D eigenvalue weighted by atomic mass is 16.5. The van der Waals surface area contributed by atoms with E-state index in [1.807, 2.05) is 25.1 Å². The Morgan fingerprint density at radius 3 is 2.78 bits per heavy atom. The number of amides is 1. The molecule has 1 aromatic rings. The molecule has 1 aromatic carbocycles. The number of guanidine groups is 1. The molecule has 2 rings (SSSR count). The number of fused-ring (bicyclic) bond motifs is 1. The molecule has 1 atom stereocenters. The Balaban J connectivity index is 1.89. The average molecular weight is 318 g/mol.